The molecule has 3 heteroatoms. The maximum absolute atomic E-state index is 5.40. The molecule has 0 amide bonds. The van der Waals surface area contributed by atoms with Gasteiger partial charge < -0.3 is 9.73 Å². The number of benzene rings is 1. The summed E-state index contributed by atoms with van der Waals surface area (Å²) in [4.78, 5) is 0. The Morgan fingerprint density at radius 2 is 1.88 bits per heavy atom. The second kappa shape index (κ2) is 4.96. The van der Waals surface area contributed by atoms with E-state index >= 15 is 0 Å². The van der Waals surface area contributed by atoms with Crippen molar-refractivity contribution in [1.29, 1.82) is 0 Å². The van der Waals surface area contributed by atoms with Crippen LogP contribution in [-0.2, 0) is 0 Å². The molecule has 90 valence electrons. The van der Waals surface area contributed by atoms with Crippen molar-refractivity contribution < 1.29 is 4.42 Å². The van der Waals surface area contributed by atoms with Gasteiger partial charge in [-0.1, -0.05) is 15.9 Å². The van der Waals surface area contributed by atoms with Crippen molar-refractivity contribution in [3.05, 3.63) is 51.9 Å². The van der Waals surface area contributed by atoms with E-state index in [-0.39, 0.29) is 6.04 Å². The van der Waals surface area contributed by atoms with Gasteiger partial charge in [-0.05, 0) is 56.2 Å². The van der Waals surface area contributed by atoms with Gasteiger partial charge >= 0.3 is 0 Å². The Labute approximate surface area is 110 Å². The van der Waals surface area contributed by atoms with Crippen LogP contribution in [0.25, 0.3) is 0 Å². The second-order valence-corrected chi connectivity index (χ2v) is 5.21. The zero-order valence-electron chi connectivity index (χ0n) is 10.3. The summed E-state index contributed by atoms with van der Waals surface area (Å²) in [7, 11) is 0. The first-order valence-corrected chi connectivity index (χ1v) is 6.44. The Bertz CT molecular complexity index is 482. The zero-order chi connectivity index (χ0) is 12.4. The summed E-state index contributed by atoms with van der Waals surface area (Å²) in [5, 5.41) is 3.49. The molecule has 2 aromatic rings. The van der Waals surface area contributed by atoms with Gasteiger partial charge in [0.25, 0.3) is 0 Å². The summed E-state index contributed by atoms with van der Waals surface area (Å²) in [6.45, 7) is 6.31. The fourth-order valence-corrected chi connectivity index (χ4v) is 2.65. The first kappa shape index (κ1) is 12.2. The average molecular weight is 294 g/mol. The standard InChI is InChI=1S/C14H16BrNO/c1-9-7-12(15)8-10(2)14(9)16-11(3)13-5-4-6-17-13/h4-8,11,16H,1-3H3. The van der Waals surface area contributed by atoms with Crippen LogP contribution in [0.1, 0.15) is 29.9 Å². The molecule has 1 N–H and O–H groups in total. The van der Waals surface area contributed by atoms with Crippen molar-refractivity contribution >= 4 is 21.6 Å². The van der Waals surface area contributed by atoms with E-state index in [1.165, 1.54) is 16.8 Å². The zero-order valence-corrected chi connectivity index (χ0v) is 11.8. The van der Waals surface area contributed by atoms with E-state index < -0.39 is 0 Å². The van der Waals surface area contributed by atoms with Crippen molar-refractivity contribution in [3.63, 3.8) is 0 Å². The van der Waals surface area contributed by atoms with Crippen LogP contribution >= 0.6 is 15.9 Å². The number of aryl methyl sites for hydroxylation is 2. The molecule has 0 aliphatic heterocycles. The molecule has 0 saturated carbocycles. The van der Waals surface area contributed by atoms with Crippen LogP contribution < -0.4 is 5.32 Å². The van der Waals surface area contributed by atoms with E-state index in [1.807, 2.05) is 12.1 Å². The third-order valence-corrected chi connectivity index (χ3v) is 3.29. The quantitative estimate of drug-likeness (QED) is 0.877. The molecule has 1 atom stereocenters. The van der Waals surface area contributed by atoms with Gasteiger partial charge in [-0.2, -0.15) is 0 Å². The van der Waals surface area contributed by atoms with Crippen molar-refractivity contribution in [2.45, 2.75) is 26.8 Å². The lowest BCUT2D eigenvalue weighted by atomic mass is 10.1. The normalized spacial score (nSPS) is 12.5. The average Bonchev–Trinajstić information content (AvgIpc) is 2.76. The molecule has 0 aliphatic carbocycles. The highest BCUT2D eigenvalue weighted by Crippen LogP contribution is 2.28. The van der Waals surface area contributed by atoms with Crippen molar-refractivity contribution in [2.75, 3.05) is 5.32 Å². The van der Waals surface area contributed by atoms with Crippen molar-refractivity contribution in [2.24, 2.45) is 0 Å². The third kappa shape index (κ3) is 2.72. The van der Waals surface area contributed by atoms with Crippen LogP contribution in [-0.4, -0.2) is 0 Å². The topological polar surface area (TPSA) is 25.2 Å². The second-order valence-electron chi connectivity index (χ2n) is 4.30. The molecule has 0 bridgehead atoms. The lowest BCUT2D eigenvalue weighted by molar-refractivity contribution is 0.490. The summed E-state index contributed by atoms with van der Waals surface area (Å²) in [5.41, 5.74) is 3.64. The number of nitrogens with one attached hydrogen (secondary N) is 1. The van der Waals surface area contributed by atoms with Gasteiger partial charge in [0.05, 0.1) is 12.3 Å². The maximum atomic E-state index is 5.40. The number of hydrogen-bond donors (Lipinski definition) is 1. The highest BCUT2D eigenvalue weighted by Gasteiger charge is 2.11. The van der Waals surface area contributed by atoms with E-state index in [1.54, 1.807) is 6.26 Å². The molecule has 1 aromatic heterocycles. The Morgan fingerprint density at radius 3 is 2.41 bits per heavy atom. The third-order valence-electron chi connectivity index (χ3n) is 2.83. The highest BCUT2D eigenvalue weighted by molar-refractivity contribution is 9.10. The van der Waals surface area contributed by atoms with Crippen LogP contribution in [0.4, 0.5) is 5.69 Å². The minimum atomic E-state index is 0.170. The maximum Gasteiger partial charge on any atom is 0.125 e. The summed E-state index contributed by atoms with van der Waals surface area (Å²) < 4.78 is 6.51. The molecule has 1 heterocycles. The molecule has 0 fully saturated rings. The number of rotatable bonds is 3. The monoisotopic (exact) mass is 293 g/mol. The molecule has 0 saturated heterocycles. The predicted molar refractivity (Wildman–Crippen MR) is 74.4 cm³/mol. The number of hydrogen-bond acceptors (Lipinski definition) is 2. The molecule has 0 radical (unpaired) electrons. The Morgan fingerprint density at radius 1 is 1.24 bits per heavy atom. The predicted octanol–water partition coefficient (Wildman–Crippen LogP) is 4.83. The largest absolute Gasteiger partial charge is 0.467 e. The number of furan rings is 1. The summed E-state index contributed by atoms with van der Waals surface area (Å²) in [6, 6.07) is 8.30. The van der Waals surface area contributed by atoms with Crippen LogP contribution in [0.2, 0.25) is 0 Å². The lowest BCUT2D eigenvalue weighted by Gasteiger charge is -2.17. The smallest absolute Gasteiger partial charge is 0.125 e. The van der Waals surface area contributed by atoms with Crippen LogP contribution in [0.3, 0.4) is 0 Å². The Hall–Kier alpha value is -1.22. The molecule has 0 aliphatic rings. The van der Waals surface area contributed by atoms with Crippen LogP contribution in [0.5, 0.6) is 0 Å². The molecule has 17 heavy (non-hydrogen) atoms. The van der Waals surface area contributed by atoms with Crippen LogP contribution in [0.15, 0.2) is 39.4 Å². The van der Waals surface area contributed by atoms with Crippen molar-refractivity contribution in [3.8, 4) is 0 Å². The number of anilines is 1. The van der Waals surface area contributed by atoms with Gasteiger partial charge in [0, 0.05) is 10.2 Å². The van der Waals surface area contributed by atoms with Crippen molar-refractivity contribution in [1.82, 2.24) is 0 Å². The Kier molecular flexibility index (Phi) is 3.57. The van der Waals surface area contributed by atoms with Gasteiger partial charge in [-0.25, -0.2) is 0 Å². The summed E-state index contributed by atoms with van der Waals surface area (Å²) in [6.07, 6.45) is 1.70. The minimum Gasteiger partial charge on any atom is -0.467 e. The van der Waals surface area contributed by atoms with Crippen LogP contribution in [0, 0.1) is 13.8 Å². The molecular formula is C14H16BrNO. The summed E-state index contributed by atoms with van der Waals surface area (Å²) in [5.74, 6) is 0.951. The Balaban J connectivity index is 2.25. The molecule has 1 unspecified atom stereocenters. The SMILES string of the molecule is Cc1cc(Br)cc(C)c1NC(C)c1ccco1. The van der Waals surface area contributed by atoms with E-state index in [0.29, 0.717) is 0 Å². The van der Waals surface area contributed by atoms with Gasteiger partial charge in [0.1, 0.15) is 5.76 Å². The van der Waals surface area contributed by atoms with E-state index in [4.69, 9.17) is 4.42 Å². The molecule has 2 nitrogen and oxygen atoms in total. The van der Waals surface area contributed by atoms with Gasteiger partial charge in [-0.3, -0.25) is 0 Å². The molecule has 1 aromatic carbocycles. The highest BCUT2D eigenvalue weighted by atomic mass is 79.9. The van der Waals surface area contributed by atoms with E-state index in [0.717, 1.165) is 10.2 Å². The first-order chi connectivity index (χ1) is 8.08. The number of halogens is 1. The lowest BCUT2D eigenvalue weighted by Crippen LogP contribution is -2.08. The van der Waals surface area contributed by atoms with Gasteiger partial charge in [0.2, 0.25) is 0 Å². The fraction of sp³-hybridized carbons (Fsp3) is 0.286. The molecular weight excluding hydrogens is 278 g/mol. The van der Waals surface area contributed by atoms with E-state index in [2.05, 4.69) is 54.2 Å². The van der Waals surface area contributed by atoms with Gasteiger partial charge in [-0.15, -0.1) is 0 Å². The minimum absolute atomic E-state index is 0.170. The molecule has 0 spiro atoms. The van der Waals surface area contributed by atoms with E-state index in [9.17, 15) is 0 Å². The fourth-order valence-electron chi connectivity index (χ4n) is 1.96. The first-order valence-electron chi connectivity index (χ1n) is 5.64. The van der Waals surface area contributed by atoms with Gasteiger partial charge in [0.15, 0.2) is 0 Å². The summed E-state index contributed by atoms with van der Waals surface area (Å²) >= 11 is 3.51. The molecule has 2 rings (SSSR count).